The number of aliphatic carboxylic acids is 1. The topological polar surface area (TPSA) is 211 Å². The molecule has 4 rings (SSSR count). The van der Waals surface area contributed by atoms with Crippen molar-refractivity contribution in [3.8, 4) is 0 Å². The van der Waals surface area contributed by atoms with E-state index in [1.807, 2.05) is 0 Å². The maximum absolute atomic E-state index is 13.0. The van der Waals surface area contributed by atoms with Crippen LogP contribution in [-0.2, 0) is 36.3 Å². The second kappa shape index (κ2) is 10.4. The average Bonchev–Trinajstić information content (AvgIpc) is 3.46. The van der Waals surface area contributed by atoms with E-state index in [9.17, 15) is 27.9 Å². The SMILES string of the molecule is CON=C(C(=O)NC1C(=O)N2CC(CSc3nnnn3C)(C(=O)O)CS[C@H]12)c1csc(NS(C)(=O)=O)n1. The van der Waals surface area contributed by atoms with Crippen LogP contribution in [-0.4, -0.2) is 110 Å². The maximum atomic E-state index is 13.0. The van der Waals surface area contributed by atoms with Gasteiger partial charge in [-0.3, -0.25) is 19.1 Å². The summed E-state index contributed by atoms with van der Waals surface area (Å²) >= 11 is 3.38. The van der Waals surface area contributed by atoms with E-state index in [0.29, 0.717) is 5.16 Å². The number of nitrogens with one attached hydrogen (secondary N) is 2. The molecule has 3 atom stereocenters. The molecule has 2 amide bonds. The minimum atomic E-state index is -3.57. The van der Waals surface area contributed by atoms with Crippen LogP contribution in [0.15, 0.2) is 15.7 Å². The van der Waals surface area contributed by atoms with Gasteiger partial charge in [-0.15, -0.1) is 28.2 Å². The molecule has 2 unspecified atom stereocenters. The Morgan fingerprint density at radius 3 is 2.81 bits per heavy atom. The van der Waals surface area contributed by atoms with E-state index in [0.717, 1.165) is 17.6 Å². The first-order valence-corrected chi connectivity index (χ1v) is 15.1. The van der Waals surface area contributed by atoms with Crippen molar-refractivity contribution in [1.29, 1.82) is 0 Å². The Kier molecular flexibility index (Phi) is 7.62. The number of β-lactam (4-membered cyclic amide) rings is 1. The number of oxime groups is 1. The van der Waals surface area contributed by atoms with Crippen molar-refractivity contribution in [2.24, 2.45) is 17.6 Å². The number of thiazole rings is 1. The van der Waals surface area contributed by atoms with Gasteiger partial charge in [-0.2, -0.15) is 0 Å². The van der Waals surface area contributed by atoms with Crippen molar-refractivity contribution < 1.29 is 32.7 Å². The van der Waals surface area contributed by atoms with Crippen molar-refractivity contribution >= 4 is 73.5 Å². The van der Waals surface area contributed by atoms with Crippen LogP contribution in [0.2, 0.25) is 0 Å². The van der Waals surface area contributed by atoms with Crippen LogP contribution in [0, 0.1) is 5.41 Å². The molecule has 0 aromatic carbocycles. The molecule has 2 aliphatic rings. The summed E-state index contributed by atoms with van der Waals surface area (Å²) in [5, 5.41) is 28.8. The van der Waals surface area contributed by atoms with E-state index in [2.05, 4.69) is 35.7 Å². The van der Waals surface area contributed by atoms with Crippen LogP contribution in [0.1, 0.15) is 5.69 Å². The number of carboxylic acids is 1. The third-order valence-corrected chi connectivity index (χ3v) is 9.70. The zero-order valence-electron chi connectivity index (χ0n) is 19.5. The van der Waals surface area contributed by atoms with Gasteiger partial charge in [0.15, 0.2) is 10.8 Å². The quantitative estimate of drug-likeness (QED) is 0.126. The fourth-order valence-corrected chi connectivity index (χ4v) is 7.80. The molecule has 200 valence electrons. The number of sulfonamides is 1. The number of carboxylic acid groups (broad SMARTS) is 1. The summed E-state index contributed by atoms with van der Waals surface area (Å²) in [6, 6.07) is -0.908. The number of rotatable bonds is 10. The molecule has 0 aliphatic carbocycles. The molecule has 20 heteroatoms. The molecule has 0 saturated carbocycles. The minimum Gasteiger partial charge on any atom is -0.481 e. The summed E-state index contributed by atoms with van der Waals surface area (Å²) in [7, 11) is -0.705. The highest BCUT2D eigenvalue weighted by Crippen LogP contribution is 2.44. The number of hydrogen-bond donors (Lipinski definition) is 3. The Bertz CT molecular complexity index is 1360. The molecule has 2 fully saturated rings. The lowest BCUT2D eigenvalue weighted by Gasteiger charge is -2.53. The van der Waals surface area contributed by atoms with Gasteiger partial charge in [-0.25, -0.2) is 18.1 Å². The lowest BCUT2D eigenvalue weighted by Crippen LogP contribution is -2.74. The van der Waals surface area contributed by atoms with Crippen molar-refractivity contribution in [2.75, 3.05) is 36.1 Å². The van der Waals surface area contributed by atoms with Crippen molar-refractivity contribution in [1.82, 2.24) is 35.4 Å². The Balaban J connectivity index is 1.43. The summed E-state index contributed by atoms with van der Waals surface area (Å²) in [4.78, 5) is 48.3. The number of nitrogens with zero attached hydrogens (tertiary/aromatic N) is 7. The number of hydrogen-bond acceptors (Lipinski definition) is 14. The van der Waals surface area contributed by atoms with Crippen LogP contribution >= 0.6 is 34.9 Å². The van der Waals surface area contributed by atoms with E-state index >= 15 is 0 Å². The van der Waals surface area contributed by atoms with Crippen LogP contribution in [0.25, 0.3) is 0 Å². The lowest BCUT2D eigenvalue weighted by atomic mass is 9.89. The van der Waals surface area contributed by atoms with E-state index in [1.165, 1.54) is 45.6 Å². The number of carbonyl (C=O) groups excluding carboxylic acids is 2. The predicted molar refractivity (Wildman–Crippen MR) is 134 cm³/mol. The molecule has 4 heterocycles. The molecular weight excluding hydrogens is 571 g/mol. The number of anilines is 1. The van der Waals surface area contributed by atoms with E-state index in [4.69, 9.17) is 4.84 Å². The van der Waals surface area contributed by atoms with Gasteiger partial charge in [-0.05, 0) is 10.4 Å². The molecule has 2 aromatic rings. The number of fused-ring (bicyclic) bond motifs is 1. The monoisotopic (exact) mass is 591 g/mol. The summed E-state index contributed by atoms with van der Waals surface area (Å²) in [6.07, 6.45) is 0.964. The Morgan fingerprint density at radius 2 is 2.19 bits per heavy atom. The second-order valence-corrected chi connectivity index (χ2v) is 12.8. The smallest absolute Gasteiger partial charge is 0.313 e. The largest absolute Gasteiger partial charge is 0.481 e. The van der Waals surface area contributed by atoms with Gasteiger partial charge in [0.25, 0.3) is 5.91 Å². The lowest BCUT2D eigenvalue weighted by molar-refractivity contribution is -0.157. The van der Waals surface area contributed by atoms with Crippen molar-refractivity contribution in [3.63, 3.8) is 0 Å². The van der Waals surface area contributed by atoms with Gasteiger partial charge in [0.1, 0.15) is 29.6 Å². The van der Waals surface area contributed by atoms with Gasteiger partial charge >= 0.3 is 5.97 Å². The number of aryl methyl sites for hydroxylation is 1. The summed E-state index contributed by atoms with van der Waals surface area (Å²) in [5.41, 5.74) is -1.43. The third kappa shape index (κ3) is 5.65. The average molecular weight is 592 g/mol. The van der Waals surface area contributed by atoms with Crippen LogP contribution in [0.5, 0.6) is 0 Å². The highest BCUT2D eigenvalue weighted by Gasteiger charge is 2.57. The minimum absolute atomic E-state index is 0.0304. The van der Waals surface area contributed by atoms with Gasteiger partial charge < -0.3 is 20.2 Å². The van der Waals surface area contributed by atoms with Gasteiger partial charge in [0, 0.05) is 30.5 Å². The Morgan fingerprint density at radius 1 is 1.43 bits per heavy atom. The third-order valence-electron chi connectivity index (χ3n) is 5.36. The number of tetrazole rings is 1. The van der Waals surface area contributed by atoms with Crippen LogP contribution in [0.4, 0.5) is 5.13 Å². The highest BCUT2D eigenvalue weighted by molar-refractivity contribution is 8.00. The maximum Gasteiger partial charge on any atom is 0.313 e. The summed E-state index contributed by atoms with van der Waals surface area (Å²) in [6.45, 7) is -0.0326. The van der Waals surface area contributed by atoms with Crippen molar-refractivity contribution in [2.45, 2.75) is 16.6 Å². The Labute approximate surface area is 222 Å². The summed E-state index contributed by atoms with van der Waals surface area (Å²) in [5.74, 6) is -1.88. The standard InChI is InChI=1S/C17H21N9O7S4/c1-25-16(20-23-24-25)36-7-17(14(29)30)5-26-12(28)10(13(26)35-6-17)19-11(27)9(21-33-2)8-4-34-15(18-8)22-37(3,31)32/h4,10,13H,5-7H2,1-3H3,(H,18,22)(H,19,27)(H,29,30)/t10?,13-,17?/m1/s1. The molecular formula is C17H21N9O7S4. The van der Waals surface area contributed by atoms with Crippen LogP contribution < -0.4 is 10.0 Å². The second-order valence-electron chi connectivity index (χ2n) is 8.11. The normalized spacial score (nSPS) is 23.7. The van der Waals surface area contributed by atoms with E-state index in [1.54, 1.807) is 7.05 Å². The zero-order valence-corrected chi connectivity index (χ0v) is 22.8. The number of carbonyl (C=O) groups is 3. The van der Waals surface area contributed by atoms with Gasteiger partial charge in [0.2, 0.25) is 21.1 Å². The molecule has 2 aromatic heterocycles. The molecule has 0 radical (unpaired) electrons. The van der Waals surface area contributed by atoms with Crippen LogP contribution in [0.3, 0.4) is 0 Å². The number of aromatic nitrogens is 5. The Hall–Kier alpha value is -2.97. The number of amides is 2. The fourth-order valence-electron chi connectivity index (χ4n) is 3.55. The molecule has 0 spiro atoms. The number of thioether (sulfide) groups is 2. The predicted octanol–water partition coefficient (Wildman–Crippen LogP) is -1.35. The fraction of sp³-hybridized carbons (Fsp3) is 0.529. The molecule has 2 saturated heterocycles. The van der Waals surface area contributed by atoms with Crippen molar-refractivity contribution in [3.05, 3.63) is 11.1 Å². The van der Waals surface area contributed by atoms with Gasteiger partial charge in [-0.1, -0.05) is 16.9 Å². The molecule has 2 aliphatic heterocycles. The first-order valence-electron chi connectivity index (χ1n) is 10.3. The molecule has 0 bridgehead atoms. The van der Waals surface area contributed by atoms with E-state index < -0.39 is 44.6 Å². The molecule has 3 N–H and O–H groups in total. The highest BCUT2D eigenvalue weighted by atomic mass is 32.2. The molecule has 37 heavy (non-hydrogen) atoms. The van der Waals surface area contributed by atoms with Gasteiger partial charge in [0.05, 0.1) is 6.26 Å². The summed E-state index contributed by atoms with van der Waals surface area (Å²) < 4.78 is 26.5. The molecule has 16 nitrogen and oxygen atoms in total. The first kappa shape index (κ1) is 27.1. The zero-order chi connectivity index (χ0) is 27.0. The van der Waals surface area contributed by atoms with E-state index in [-0.39, 0.29) is 34.6 Å². The first-order chi connectivity index (χ1) is 17.4.